The molecule has 3 heterocycles. The van der Waals surface area contributed by atoms with Crippen LogP contribution in [0.5, 0.6) is 5.75 Å². The zero-order valence-corrected chi connectivity index (χ0v) is 18.4. The quantitative estimate of drug-likeness (QED) is 0.595. The molecule has 1 aromatic heterocycles. The highest BCUT2D eigenvalue weighted by molar-refractivity contribution is 5.99. The molecule has 0 radical (unpaired) electrons. The number of hydrogen-bond donors (Lipinski definition) is 2. The number of aromatic hydroxyl groups is 1. The Kier molecular flexibility index (Phi) is 5.27. The van der Waals surface area contributed by atoms with E-state index in [1.807, 2.05) is 0 Å². The second kappa shape index (κ2) is 8.19. The lowest BCUT2D eigenvalue weighted by Crippen LogP contribution is -2.52. The molecule has 5 rings (SSSR count). The second-order valence-corrected chi connectivity index (χ2v) is 8.53. The van der Waals surface area contributed by atoms with Crippen molar-refractivity contribution in [2.45, 2.75) is 26.6 Å². The predicted octanol–water partition coefficient (Wildman–Crippen LogP) is 2.27. The number of amides is 2. The van der Waals surface area contributed by atoms with Gasteiger partial charge in [-0.1, -0.05) is 6.07 Å². The van der Waals surface area contributed by atoms with Gasteiger partial charge in [0, 0.05) is 24.8 Å². The number of aromatic nitrogens is 1. The molecule has 2 aliphatic rings. The second-order valence-electron chi connectivity index (χ2n) is 8.53. The molecule has 0 saturated carbocycles. The number of aryl methyl sites for hydroxylation is 1. The van der Waals surface area contributed by atoms with Crippen molar-refractivity contribution in [3.63, 3.8) is 0 Å². The van der Waals surface area contributed by atoms with Gasteiger partial charge in [0.2, 0.25) is 5.43 Å². The number of nitrogens with one attached hydrogen (secondary N) is 1. The van der Waals surface area contributed by atoms with Crippen LogP contribution >= 0.6 is 0 Å². The van der Waals surface area contributed by atoms with Crippen LogP contribution < -0.4 is 15.8 Å². The predicted molar refractivity (Wildman–Crippen MR) is 118 cm³/mol. The summed E-state index contributed by atoms with van der Waals surface area (Å²) >= 11 is 0. The highest BCUT2D eigenvalue weighted by Crippen LogP contribution is 2.28. The monoisotopic (exact) mass is 484 g/mol. The molecule has 0 aliphatic carbocycles. The topological polar surface area (TPSA) is 94.9 Å². The Morgan fingerprint density at radius 1 is 1.06 bits per heavy atom. The van der Waals surface area contributed by atoms with Gasteiger partial charge >= 0.3 is 0 Å². The summed E-state index contributed by atoms with van der Waals surface area (Å²) in [6.45, 7) is 1.33. The maximum atomic E-state index is 14.1. The van der Waals surface area contributed by atoms with Crippen LogP contribution in [0.1, 0.15) is 43.1 Å². The molecule has 0 fully saturated rings. The highest BCUT2D eigenvalue weighted by atomic mass is 19.1. The summed E-state index contributed by atoms with van der Waals surface area (Å²) in [5.41, 5.74) is -0.649. The largest absolute Gasteiger partial charge is 0.502 e. The van der Waals surface area contributed by atoms with Gasteiger partial charge in [-0.3, -0.25) is 24.1 Å². The molecule has 35 heavy (non-hydrogen) atoms. The molecule has 3 aromatic rings. The van der Waals surface area contributed by atoms with Crippen LogP contribution in [0.2, 0.25) is 0 Å². The number of carbonyl (C=O) groups excluding carboxylic acids is 2. The Labute approximate surface area is 196 Å². The van der Waals surface area contributed by atoms with Gasteiger partial charge in [-0.2, -0.15) is 0 Å². The maximum Gasteiger partial charge on any atom is 0.278 e. The molecule has 0 spiro atoms. The fourth-order valence-corrected chi connectivity index (χ4v) is 4.36. The Bertz CT molecular complexity index is 1450. The molecule has 11 heteroatoms. The summed E-state index contributed by atoms with van der Waals surface area (Å²) in [4.78, 5) is 40.0. The van der Waals surface area contributed by atoms with Crippen molar-refractivity contribution in [3.8, 4) is 5.75 Å². The van der Waals surface area contributed by atoms with Crippen molar-refractivity contribution >= 4 is 11.8 Å². The summed E-state index contributed by atoms with van der Waals surface area (Å²) in [5.74, 6) is -4.73. The number of halogens is 3. The molecule has 2 bridgehead atoms. The molecular formula is C24H19F3N4O4. The van der Waals surface area contributed by atoms with E-state index in [9.17, 15) is 32.7 Å². The normalized spacial score (nSPS) is 14.3. The molecule has 180 valence electrons. The van der Waals surface area contributed by atoms with Gasteiger partial charge in [0.25, 0.3) is 11.8 Å². The molecule has 0 atom stereocenters. The molecular weight excluding hydrogens is 465 g/mol. The third-order valence-corrected chi connectivity index (χ3v) is 6.13. The lowest BCUT2D eigenvalue weighted by atomic mass is 10.1. The van der Waals surface area contributed by atoms with E-state index in [0.29, 0.717) is 11.1 Å². The fraction of sp³-hybridized carbons (Fsp3) is 0.208. The first-order valence-electron chi connectivity index (χ1n) is 10.7. The van der Waals surface area contributed by atoms with Gasteiger partial charge in [-0.25, -0.2) is 13.2 Å². The Hall–Kier alpha value is -4.28. The zero-order chi connectivity index (χ0) is 25.0. The average Bonchev–Trinajstić information content (AvgIpc) is 2.96. The maximum absolute atomic E-state index is 14.1. The van der Waals surface area contributed by atoms with Crippen molar-refractivity contribution in [1.82, 2.24) is 14.9 Å². The number of nitrogens with zero attached hydrogens (tertiary/aromatic N) is 3. The lowest BCUT2D eigenvalue weighted by Gasteiger charge is -2.37. The first kappa shape index (κ1) is 22.5. The average molecular weight is 484 g/mol. The van der Waals surface area contributed by atoms with Gasteiger partial charge in [0.1, 0.15) is 29.7 Å². The zero-order valence-electron chi connectivity index (χ0n) is 18.4. The Morgan fingerprint density at radius 2 is 1.77 bits per heavy atom. The standard InChI is InChI=1S/C24H19F3N4O4/c1-12-4-18(26)16(19(27)5-12)7-28-23(34)17-10-31-20(22(33)21(17)32)24(35)29-8-14-6-15(25)3-2-13(14)9-30(31)11-29/h2-6,10,33H,7-9,11H2,1H3,(H,28,34). The summed E-state index contributed by atoms with van der Waals surface area (Å²) in [6.07, 6.45) is 1.11. The minimum atomic E-state index is -1.10. The third kappa shape index (κ3) is 3.78. The van der Waals surface area contributed by atoms with Crippen LogP contribution in [0, 0.1) is 24.4 Å². The minimum absolute atomic E-state index is 0.0608. The third-order valence-electron chi connectivity index (χ3n) is 6.13. The van der Waals surface area contributed by atoms with Crippen molar-refractivity contribution in [2.75, 3.05) is 11.7 Å². The van der Waals surface area contributed by atoms with E-state index < -0.39 is 52.6 Å². The number of carbonyl (C=O) groups is 2. The Morgan fingerprint density at radius 3 is 2.49 bits per heavy atom. The van der Waals surface area contributed by atoms with E-state index in [-0.39, 0.29) is 31.0 Å². The summed E-state index contributed by atoms with van der Waals surface area (Å²) in [6, 6.07) is 6.42. The molecule has 8 nitrogen and oxygen atoms in total. The number of hydrogen-bond acceptors (Lipinski definition) is 5. The fourth-order valence-electron chi connectivity index (χ4n) is 4.36. The highest BCUT2D eigenvalue weighted by Gasteiger charge is 2.36. The SMILES string of the molecule is Cc1cc(F)c(CNC(=O)c2cn3c(c(O)c2=O)C(=O)N2Cc4cc(F)ccc4CN3C2)c(F)c1. The summed E-state index contributed by atoms with van der Waals surface area (Å²) in [7, 11) is 0. The first-order valence-corrected chi connectivity index (χ1v) is 10.7. The van der Waals surface area contributed by atoms with Crippen LogP contribution in [0.15, 0.2) is 41.3 Å². The minimum Gasteiger partial charge on any atom is -0.502 e. The van der Waals surface area contributed by atoms with E-state index in [1.54, 1.807) is 11.1 Å². The van der Waals surface area contributed by atoms with Gasteiger partial charge in [0.05, 0.1) is 6.54 Å². The Balaban J connectivity index is 1.51. The van der Waals surface area contributed by atoms with E-state index in [1.165, 1.54) is 28.6 Å². The van der Waals surface area contributed by atoms with E-state index >= 15 is 0 Å². The van der Waals surface area contributed by atoms with Crippen LogP contribution in [-0.2, 0) is 19.6 Å². The number of pyridine rings is 1. The molecule has 2 amide bonds. The van der Waals surface area contributed by atoms with Gasteiger partial charge in [-0.15, -0.1) is 0 Å². The van der Waals surface area contributed by atoms with Crippen molar-refractivity contribution in [1.29, 1.82) is 0 Å². The van der Waals surface area contributed by atoms with Crippen LogP contribution in [0.4, 0.5) is 13.2 Å². The van der Waals surface area contributed by atoms with Crippen molar-refractivity contribution in [3.05, 3.63) is 97.7 Å². The van der Waals surface area contributed by atoms with Crippen LogP contribution in [0.25, 0.3) is 0 Å². The molecule has 2 N–H and O–H groups in total. The number of benzene rings is 2. The van der Waals surface area contributed by atoms with E-state index in [4.69, 9.17) is 0 Å². The summed E-state index contributed by atoms with van der Waals surface area (Å²) < 4.78 is 43.2. The van der Waals surface area contributed by atoms with E-state index in [2.05, 4.69) is 5.32 Å². The van der Waals surface area contributed by atoms with Crippen LogP contribution in [-0.4, -0.2) is 33.2 Å². The first-order chi connectivity index (χ1) is 16.6. The molecule has 2 aliphatic heterocycles. The van der Waals surface area contributed by atoms with Crippen molar-refractivity contribution in [2.24, 2.45) is 0 Å². The van der Waals surface area contributed by atoms with Gasteiger partial charge in [-0.05, 0) is 47.9 Å². The molecule has 2 aromatic carbocycles. The van der Waals surface area contributed by atoms with Gasteiger partial charge in [0.15, 0.2) is 11.4 Å². The van der Waals surface area contributed by atoms with Gasteiger partial charge < -0.3 is 15.3 Å². The molecule has 0 saturated heterocycles. The molecule has 0 unspecified atom stereocenters. The number of rotatable bonds is 3. The smallest absolute Gasteiger partial charge is 0.278 e. The van der Waals surface area contributed by atoms with Crippen molar-refractivity contribution < 1.29 is 27.9 Å². The lowest BCUT2D eigenvalue weighted by molar-refractivity contribution is 0.0677. The number of fused-ring (bicyclic) bond motifs is 5. The van der Waals surface area contributed by atoms with E-state index in [0.717, 1.165) is 23.9 Å². The summed E-state index contributed by atoms with van der Waals surface area (Å²) in [5, 5.41) is 14.5. The van der Waals surface area contributed by atoms with Crippen LogP contribution in [0.3, 0.4) is 0 Å².